The van der Waals surface area contributed by atoms with Gasteiger partial charge in [-0.3, -0.25) is 14.9 Å². The Morgan fingerprint density at radius 2 is 1.77 bits per heavy atom. The Kier molecular flexibility index (Phi) is 5.91. The van der Waals surface area contributed by atoms with E-state index in [0.29, 0.717) is 30.0 Å². The summed E-state index contributed by atoms with van der Waals surface area (Å²) in [4.78, 5) is 41.8. The molecule has 0 spiro atoms. The van der Waals surface area contributed by atoms with Crippen molar-refractivity contribution < 1.29 is 24.1 Å². The normalized spacial score (nSPS) is 25.3. The van der Waals surface area contributed by atoms with Gasteiger partial charge in [-0.1, -0.05) is 32.0 Å². The summed E-state index contributed by atoms with van der Waals surface area (Å²) in [5.41, 5.74) is 0.716. The summed E-state index contributed by atoms with van der Waals surface area (Å²) in [5, 5.41) is 18.1. The first-order chi connectivity index (χ1) is 16.4. The molecule has 2 fully saturated rings. The predicted molar refractivity (Wildman–Crippen MR) is 130 cm³/mol. The summed E-state index contributed by atoms with van der Waals surface area (Å²) >= 11 is 0. The number of hydrogen-bond donors (Lipinski definition) is 1. The molecule has 2 aliphatic carbocycles. The molecule has 2 atom stereocenters. The van der Waals surface area contributed by atoms with Crippen molar-refractivity contribution in [3.8, 4) is 5.75 Å². The standard InChI is InChI=1S/C26H29N3O6/c1-16-6-11-20(34-5)19(14-16)27-23(31)26-13-12-25(4,24(26,2)3)21(15-26)28-35-22(30)17-7-9-18(10-8-17)29(32)33/h6-11,14H,12-13,15H2,1-5H3,(H,27,31)/b28-21-. The van der Waals surface area contributed by atoms with E-state index in [9.17, 15) is 19.7 Å². The van der Waals surface area contributed by atoms with Crippen LogP contribution in [-0.4, -0.2) is 29.6 Å². The third-order valence-corrected chi connectivity index (χ3v) is 8.32. The second kappa shape index (κ2) is 8.48. The van der Waals surface area contributed by atoms with E-state index in [2.05, 4.69) is 31.2 Å². The Labute approximate surface area is 203 Å². The molecule has 4 rings (SSSR count). The van der Waals surface area contributed by atoms with Crippen molar-refractivity contribution in [2.75, 3.05) is 12.4 Å². The van der Waals surface area contributed by atoms with Crippen LogP contribution in [0, 0.1) is 33.3 Å². The zero-order valence-electron chi connectivity index (χ0n) is 20.5. The van der Waals surface area contributed by atoms with E-state index in [1.54, 1.807) is 7.11 Å². The number of aryl methyl sites for hydroxylation is 1. The van der Waals surface area contributed by atoms with Crippen molar-refractivity contribution in [3.05, 3.63) is 63.7 Å². The fraction of sp³-hybridized carbons (Fsp3) is 0.423. The highest BCUT2D eigenvalue weighted by molar-refractivity contribution is 6.07. The van der Waals surface area contributed by atoms with Crippen molar-refractivity contribution in [1.82, 2.24) is 0 Å². The second-order valence-electron chi connectivity index (χ2n) is 10.1. The number of carbonyl (C=O) groups excluding carboxylic acids is 2. The molecule has 2 unspecified atom stereocenters. The molecule has 1 amide bonds. The maximum absolute atomic E-state index is 13.7. The molecule has 2 aromatic rings. The fourth-order valence-electron chi connectivity index (χ4n) is 5.55. The van der Waals surface area contributed by atoms with Crippen molar-refractivity contribution >= 4 is 29.0 Å². The van der Waals surface area contributed by atoms with E-state index >= 15 is 0 Å². The molecular weight excluding hydrogens is 450 g/mol. The molecule has 2 aromatic carbocycles. The van der Waals surface area contributed by atoms with Crippen molar-refractivity contribution in [3.63, 3.8) is 0 Å². The lowest BCUT2D eigenvalue weighted by Crippen LogP contribution is -2.43. The van der Waals surface area contributed by atoms with E-state index in [1.165, 1.54) is 24.3 Å². The van der Waals surface area contributed by atoms with Gasteiger partial charge < -0.3 is 14.9 Å². The number of hydrogen-bond acceptors (Lipinski definition) is 7. The van der Waals surface area contributed by atoms with E-state index in [4.69, 9.17) is 9.57 Å². The maximum Gasteiger partial charge on any atom is 0.365 e. The molecule has 9 nitrogen and oxygen atoms in total. The van der Waals surface area contributed by atoms with Crippen LogP contribution in [0.5, 0.6) is 5.75 Å². The Morgan fingerprint density at radius 1 is 1.09 bits per heavy atom. The van der Waals surface area contributed by atoms with Gasteiger partial charge in [-0.2, -0.15) is 0 Å². The third-order valence-electron chi connectivity index (χ3n) is 8.32. The monoisotopic (exact) mass is 479 g/mol. The number of ether oxygens (including phenoxy) is 1. The summed E-state index contributed by atoms with van der Waals surface area (Å²) < 4.78 is 5.43. The number of rotatable bonds is 6. The van der Waals surface area contributed by atoms with Crippen molar-refractivity contribution in [2.45, 2.75) is 47.0 Å². The van der Waals surface area contributed by atoms with Gasteiger partial charge >= 0.3 is 5.97 Å². The molecule has 0 heterocycles. The van der Waals surface area contributed by atoms with Gasteiger partial charge in [0, 0.05) is 24.0 Å². The number of nitrogens with zero attached hydrogens (tertiary/aromatic N) is 2. The van der Waals surface area contributed by atoms with Gasteiger partial charge in [-0.25, -0.2) is 4.79 Å². The highest BCUT2D eigenvalue weighted by Crippen LogP contribution is 2.71. The first-order valence-corrected chi connectivity index (χ1v) is 11.4. The van der Waals surface area contributed by atoms with Crippen LogP contribution in [0.25, 0.3) is 0 Å². The SMILES string of the molecule is COc1ccc(C)cc1NC(=O)C12CCC(C)(/C(=N\OC(=O)c3ccc([N+](=O)[O-])cc3)C1)C2(C)C. The lowest BCUT2D eigenvalue weighted by Gasteiger charge is -2.39. The highest BCUT2D eigenvalue weighted by atomic mass is 16.7. The number of nitro benzene ring substituents is 1. The smallest absolute Gasteiger partial charge is 0.365 e. The Morgan fingerprint density at radius 3 is 2.40 bits per heavy atom. The molecule has 0 aromatic heterocycles. The maximum atomic E-state index is 13.7. The Balaban J connectivity index is 1.58. The van der Waals surface area contributed by atoms with E-state index in [-0.39, 0.29) is 17.2 Å². The number of nitrogens with one attached hydrogen (secondary N) is 1. The third kappa shape index (κ3) is 3.75. The molecule has 2 aliphatic rings. The lowest BCUT2D eigenvalue weighted by atomic mass is 9.64. The van der Waals surface area contributed by atoms with Crippen LogP contribution in [0.4, 0.5) is 11.4 Å². The van der Waals surface area contributed by atoms with Gasteiger partial charge in [0.05, 0.1) is 34.4 Å². The first kappa shape index (κ1) is 24.4. The molecule has 1 N–H and O–H groups in total. The number of methoxy groups -OCH3 is 1. The summed E-state index contributed by atoms with van der Waals surface area (Å²) in [7, 11) is 1.56. The van der Waals surface area contributed by atoms with Crippen LogP contribution in [0.2, 0.25) is 0 Å². The first-order valence-electron chi connectivity index (χ1n) is 11.4. The minimum atomic E-state index is -0.727. The minimum Gasteiger partial charge on any atom is -0.495 e. The van der Waals surface area contributed by atoms with Crippen LogP contribution in [-0.2, 0) is 9.63 Å². The van der Waals surface area contributed by atoms with Gasteiger partial charge in [0.15, 0.2) is 0 Å². The van der Waals surface area contributed by atoms with Crippen LogP contribution in [0.1, 0.15) is 56.0 Å². The van der Waals surface area contributed by atoms with Gasteiger partial charge in [0.25, 0.3) is 5.69 Å². The summed E-state index contributed by atoms with van der Waals surface area (Å²) in [6.07, 6.45) is 1.78. The van der Waals surface area contributed by atoms with Crippen LogP contribution in [0.15, 0.2) is 47.6 Å². The topological polar surface area (TPSA) is 120 Å². The number of anilines is 1. The minimum absolute atomic E-state index is 0.109. The molecule has 9 heteroatoms. The number of amides is 1. The Bertz CT molecular complexity index is 1240. The molecule has 0 radical (unpaired) electrons. The Hall–Kier alpha value is -3.75. The molecule has 0 saturated heterocycles. The molecule has 184 valence electrons. The zero-order valence-corrected chi connectivity index (χ0v) is 20.5. The molecule has 2 saturated carbocycles. The van der Waals surface area contributed by atoms with Crippen LogP contribution >= 0.6 is 0 Å². The summed E-state index contributed by atoms with van der Waals surface area (Å²) in [6, 6.07) is 10.8. The second-order valence-corrected chi connectivity index (χ2v) is 10.1. The number of fused-ring (bicyclic) bond motifs is 2. The van der Waals surface area contributed by atoms with Crippen LogP contribution in [0.3, 0.4) is 0 Å². The highest BCUT2D eigenvalue weighted by Gasteiger charge is 2.71. The molecule has 2 bridgehead atoms. The van der Waals surface area contributed by atoms with Gasteiger partial charge in [0.2, 0.25) is 5.91 Å². The number of nitro groups is 1. The average Bonchev–Trinajstić information content (AvgIpc) is 3.13. The summed E-state index contributed by atoms with van der Waals surface area (Å²) in [6.45, 7) is 8.13. The largest absolute Gasteiger partial charge is 0.495 e. The van der Waals surface area contributed by atoms with Crippen molar-refractivity contribution in [1.29, 1.82) is 0 Å². The predicted octanol–water partition coefficient (Wildman–Crippen LogP) is 5.28. The lowest BCUT2D eigenvalue weighted by molar-refractivity contribution is -0.384. The molecule has 0 aliphatic heterocycles. The number of carbonyl (C=O) groups is 2. The van der Waals surface area contributed by atoms with Gasteiger partial charge in [-0.15, -0.1) is 0 Å². The molecular formula is C26H29N3O6. The number of benzene rings is 2. The zero-order chi connectivity index (χ0) is 25.6. The quantitative estimate of drug-likeness (QED) is 0.342. The molecule has 35 heavy (non-hydrogen) atoms. The van der Waals surface area contributed by atoms with Gasteiger partial charge in [-0.05, 0) is 55.0 Å². The fourth-order valence-corrected chi connectivity index (χ4v) is 5.55. The average molecular weight is 480 g/mol. The van der Waals surface area contributed by atoms with Crippen molar-refractivity contribution in [2.24, 2.45) is 21.4 Å². The van der Waals surface area contributed by atoms with Crippen LogP contribution < -0.4 is 10.1 Å². The van der Waals surface area contributed by atoms with Gasteiger partial charge in [0.1, 0.15) is 5.75 Å². The van der Waals surface area contributed by atoms with E-state index in [1.807, 2.05) is 25.1 Å². The van der Waals surface area contributed by atoms with E-state index < -0.39 is 27.1 Å². The number of oxime groups is 1. The number of non-ortho nitro benzene ring substituents is 1. The van der Waals surface area contributed by atoms with E-state index in [0.717, 1.165) is 12.0 Å². The summed E-state index contributed by atoms with van der Waals surface area (Å²) in [5.74, 6) is -0.232.